The molecule has 1 atom stereocenters. The van der Waals surface area contributed by atoms with E-state index in [1.165, 1.54) is 6.07 Å². The smallest absolute Gasteiger partial charge is 0.405 e. The number of nitrogens with one attached hydrogen (secondary N) is 3. The van der Waals surface area contributed by atoms with Gasteiger partial charge in [0.2, 0.25) is 0 Å². The van der Waals surface area contributed by atoms with Gasteiger partial charge in [-0.25, -0.2) is 0 Å². The van der Waals surface area contributed by atoms with E-state index in [2.05, 4.69) is 41.6 Å². The number of fused-ring (bicyclic) bond motifs is 1. The van der Waals surface area contributed by atoms with Gasteiger partial charge in [-0.2, -0.15) is 0 Å². The number of aliphatic imine (C=N–C) groups is 1. The van der Waals surface area contributed by atoms with Gasteiger partial charge in [-0.3, -0.25) is 10.7 Å². The van der Waals surface area contributed by atoms with E-state index >= 15 is 0 Å². The minimum atomic E-state index is -4.71. The number of halogens is 6. The maximum atomic E-state index is 12.7. The lowest BCUT2D eigenvalue weighted by Crippen LogP contribution is -2.68. The summed E-state index contributed by atoms with van der Waals surface area (Å²) < 4.78 is 42.9. The van der Waals surface area contributed by atoms with Crippen LogP contribution in [0.25, 0.3) is 0 Å². The van der Waals surface area contributed by atoms with Crippen LogP contribution < -0.4 is 26.4 Å². The Morgan fingerprint density at radius 1 is 1.11 bits per heavy atom. The Morgan fingerprint density at radius 3 is 2.49 bits per heavy atom. The third kappa shape index (κ3) is 8.13. The van der Waals surface area contributed by atoms with Gasteiger partial charge in [0.15, 0.2) is 5.79 Å². The predicted octanol–water partition coefficient (Wildman–Crippen LogP) is 5.83. The molecule has 1 fully saturated rings. The zero-order chi connectivity index (χ0) is 25.1. The Balaban J connectivity index is 0.00000241. The number of amidine groups is 1. The molecule has 37 heavy (non-hydrogen) atoms. The van der Waals surface area contributed by atoms with Crippen LogP contribution in [0.15, 0.2) is 51.9 Å². The summed E-state index contributed by atoms with van der Waals surface area (Å²) in [4.78, 5) is 4.40. The number of hydrogen-bond acceptors (Lipinski definition) is 5. The third-order valence-corrected chi connectivity index (χ3v) is 7.32. The van der Waals surface area contributed by atoms with Crippen molar-refractivity contribution in [3.8, 4) is 5.75 Å². The fraction of sp³-hybridized carbons (Fsp3) is 0.480. The van der Waals surface area contributed by atoms with Gasteiger partial charge in [-0.1, -0.05) is 34.1 Å². The molecule has 1 aliphatic heterocycles. The number of hydrogen-bond donors (Lipinski definition) is 4. The minimum absolute atomic E-state index is 0. The lowest BCUT2D eigenvalue weighted by molar-refractivity contribution is -0.274. The molecule has 5 N–H and O–H groups in total. The normalized spacial score (nSPS) is 24.1. The molecule has 1 saturated carbocycles. The molecule has 2 aliphatic rings. The van der Waals surface area contributed by atoms with Gasteiger partial charge in [-0.05, 0) is 80.9 Å². The van der Waals surface area contributed by atoms with Gasteiger partial charge in [0.05, 0.1) is 0 Å². The number of anilines is 1. The molecule has 0 amide bonds. The quantitative estimate of drug-likeness (QED) is 0.291. The molecule has 1 aliphatic carbocycles. The number of nitrogens with two attached hydrogens (primary N) is 1. The van der Waals surface area contributed by atoms with Crippen molar-refractivity contribution in [2.75, 3.05) is 25.5 Å². The van der Waals surface area contributed by atoms with Gasteiger partial charge in [-0.15, -0.1) is 38.0 Å². The molecule has 12 heteroatoms. The fourth-order valence-corrected chi connectivity index (χ4v) is 5.34. The van der Waals surface area contributed by atoms with E-state index in [-0.39, 0.29) is 36.5 Å². The molecule has 0 spiro atoms. The first kappa shape index (κ1) is 31.5. The zero-order valence-electron chi connectivity index (χ0n) is 20.4. The summed E-state index contributed by atoms with van der Waals surface area (Å²) in [6.45, 7) is 1.40. The van der Waals surface area contributed by atoms with Crippen LogP contribution in [0, 0.1) is 11.8 Å². The number of nitrogens with zero attached hydrogens (tertiary/aromatic N) is 1. The number of alkyl halides is 3. The van der Waals surface area contributed by atoms with Crippen LogP contribution in [0.1, 0.15) is 36.8 Å². The van der Waals surface area contributed by atoms with Crippen molar-refractivity contribution in [1.82, 2.24) is 10.6 Å². The van der Waals surface area contributed by atoms with Crippen LogP contribution in [0.4, 0.5) is 18.9 Å². The summed E-state index contributed by atoms with van der Waals surface area (Å²) in [6, 6.07) is 12.8. The highest BCUT2D eigenvalue weighted by molar-refractivity contribution is 9.10. The van der Waals surface area contributed by atoms with E-state index in [9.17, 15) is 13.2 Å². The van der Waals surface area contributed by atoms with E-state index in [0.29, 0.717) is 28.9 Å². The van der Waals surface area contributed by atoms with Crippen LogP contribution in [0.2, 0.25) is 0 Å². The van der Waals surface area contributed by atoms with Crippen LogP contribution in [0.5, 0.6) is 5.75 Å². The Labute approximate surface area is 236 Å². The Bertz CT molecular complexity index is 1070. The highest BCUT2D eigenvalue weighted by atomic mass is 79.9. The molecule has 1 heterocycles. The molecule has 0 bridgehead atoms. The summed E-state index contributed by atoms with van der Waals surface area (Å²) in [7, 11) is 1.76. The zero-order valence-corrected chi connectivity index (χ0v) is 23.6. The third-order valence-electron chi connectivity index (χ3n) is 6.82. The number of para-hydroxylation sites is 1. The summed E-state index contributed by atoms with van der Waals surface area (Å²) in [5, 5.41) is 10.3. The van der Waals surface area contributed by atoms with Gasteiger partial charge >= 0.3 is 6.36 Å². The van der Waals surface area contributed by atoms with Crippen molar-refractivity contribution in [3.63, 3.8) is 0 Å². The molecule has 0 radical (unpaired) electrons. The van der Waals surface area contributed by atoms with Gasteiger partial charge < -0.3 is 20.7 Å². The van der Waals surface area contributed by atoms with Crippen molar-refractivity contribution >= 4 is 52.3 Å². The fourth-order valence-electron chi connectivity index (χ4n) is 5.00. The van der Waals surface area contributed by atoms with E-state index < -0.39 is 12.1 Å². The van der Waals surface area contributed by atoms with E-state index in [1.807, 2.05) is 24.3 Å². The molecular formula is C25H33BrCl2F3N5O. The first-order valence-corrected chi connectivity index (χ1v) is 12.6. The predicted molar refractivity (Wildman–Crippen MR) is 150 cm³/mol. The lowest BCUT2D eigenvalue weighted by atomic mass is 9.77. The van der Waals surface area contributed by atoms with Crippen molar-refractivity contribution in [2.24, 2.45) is 22.6 Å². The molecule has 6 nitrogen and oxygen atoms in total. The second-order valence-corrected chi connectivity index (χ2v) is 10.1. The van der Waals surface area contributed by atoms with Gasteiger partial charge in [0.1, 0.15) is 11.6 Å². The maximum Gasteiger partial charge on any atom is 0.573 e. The number of rotatable bonds is 7. The Kier molecular flexibility index (Phi) is 11.4. The maximum absolute atomic E-state index is 12.7. The molecule has 206 valence electrons. The average Bonchev–Trinajstić information content (AvgIpc) is 2.81. The molecule has 0 aromatic heterocycles. The second-order valence-electron chi connectivity index (χ2n) is 9.21. The van der Waals surface area contributed by atoms with E-state index in [0.717, 1.165) is 49.3 Å². The molecule has 4 rings (SSSR count). The van der Waals surface area contributed by atoms with Crippen LogP contribution in [0.3, 0.4) is 0 Å². The van der Waals surface area contributed by atoms with E-state index in [4.69, 9.17) is 5.73 Å². The van der Waals surface area contributed by atoms with Crippen molar-refractivity contribution < 1.29 is 17.9 Å². The minimum Gasteiger partial charge on any atom is -0.405 e. The lowest BCUT2D eigenvalue weighted by Gasteiger charge is -2.46. The highest BCUT2D eigenvalue weighted by Gasteiger charge is 2.41. The van der Waals surface area contributed by atoms with Crippen molar-refractivity contribution in [3.05, 3.63) is 58.1 Å². The first-order valence-electron chi connectivity index (χ1n) is 11.8. The Hall–Kier alpha value is -1.72. The standard InChI is InChI=1S/C25H31BrF3N5O.2ClH/c1-31-23-20-4-2-3-5-21(20)33-24(30,34-23)18-9-6-16(7-10-18)15-32-13-12-17-8-11-19(26)14-22(17)35-25(27,28)29;;/h2-5,8,11,14,16,18,32-33H,6-7,9-10,12-13,15,30H2,1H3,(H,31,34);2*1H. The summed E-state index contributed by atoms with van der Waals surface area (Å²) in [5.74, 6) is 0.631. The van der Waals surface area contributed by atoms with Crippen LogP contribution in [-0.2, 0) is 6.42 Å². The van der Waals surface area contributed by atoms with Crippen LogP contribution >= 0.6 is 40.7 Å². The number of benzene rings is 2. The summed E-state index contributed by atoms with van der Waals surface area (Å²) in [5.41, 5.74) is 9.33. The molecule has 2 aromatic carbocycles. The van der Waals surface area contributed by atoms with Gasteiger partial charge in [0, 0.05) is 28.7 Å². The topological polar surface area (TPSA) is 83.7 Å². The molecule has 1 unspecified atom stereocenters. The average molecular weight is 627 g/mol. The Morgan fingerprint density at radius 2 is 1.81 bits per heavy atom. The number of ether oxygens (including phenoxy) is 1. The summed E-state index contributed by atoms with van der Waals surface area (Å²) >= 11 is 3.20. The monoisotopic (exact) mass is 625 g/mol. The molecule has 2 aromatic rings. The first-order chi connectivity index (χ1) is 16.7. The highest BCUT2D eigenvalue weighted by Crippen LogP contribution is 2.36. The second kappa shape index (κ2) is 13.4. The summed E-state index contributed by atoms with van der Waals surface area (Å²) in [6.07, 6.45) is -0.263. The van der Waals surface area contributed by atoms with Crippen molar-refractivity contribution in [2.45, 2.75) is 44.3 Å². The molecular weight excluding hydrogens is 594 g/mol. The van der Waals surface area contributed by atoms with Crippen molar-refractivity contribution in [1.29, 1.82) is 0 Å². The van der Waals surface area contributed by atoms with Gasteiger partial charge in [0.25, 0.3) is 0 Å². The van der Waals surface area contributed by atoms with E-state index in [1.54, 1.807) is 19.2 Å². The molecule has 0 saturated heterocycles. The SMILES string of the molecule is CN=C1NC(N)(C2CCC(CNCCc3ccc(Br)cc3OC(F)(F)F)CC2)Nc2ccccc21.Cl.Cl. The largest absolute Gasteiger partial charge is 0.573 e. The van der Waals surface area contributed by atoms with Crippen LogP contribution in [-0.4, -0.2) is 38.1 Å².